The number of ether oxygens (including phenoxy) is 1. The number of rotatable bonds is 6. The maximum absolute atomic E-state index is 5.43. The van der Waals surface area contributed by atoms with Crippen molar-refractivity contribution in [3.8, 4) is 5.75 Å². The van der Waals surface area contributed by atoms with E-state index < -0.39 is 0 Å². The Kier molecular flexibility index (Phi) is 5.26. The molecule has 0 aliphatic heterocycles. The van der Waals surface area contributed by atoms with Crippen LogP contribution < -0.4 is 10.1 Å². The lowest BCUT2D eigenvalue weighted by Gasteiger charge is -2.19. The van der Waals surface area contributed by atoms with Crippen LogP contribution in [0.15, 0.2) is 39.4 Å². The highest BCUT2D eigenvalue weighted by Gasteiger charge is 2.17. The lowest BCUT2D eigenvalue weighted by atomic mass is 9.99. The van der Waals surface area contributed by atoms with Crippen molar-refractivity contribution in [2.45, 2.75) is 26.3 Å². The molecule has 0 spiro atoms. The van der Waals surface area contributed by atoms with Crippen LogP contribution in [0.4, 0.5) is 0 Å². The third-order valence-corrected chi connectivity index (χ3v) is 4.18. The topological polar surface area (TPSA) is 34.4 Å². The second-order valence-corrected chi connectivity index (χ2v) is 5.56. The third-order valence-electron chi connectivity index (χ3n) is 3.40. The first-order valence-corrected chi connectivity index (χ1v) is 7.54. The molecule has 4 heteroatoms. The summed E-state index contributed by atoms with van der Waals surface area (Å²) in [6, 6.07) is 8.33. The van der Waals surface area contributed by atoms with Gasteiger partial charge in [-0.3, -0.25) is 0 Å². The molecule has 2 rings (SSSR count). The number of hydrogen-bond acceptors (Lipinski definition) is 3. The first kappa shape index (κ1) is 15.1. The number of halogens is 1. The smallest absolute Gasteiger partial charge is 0.119 e. The fourth-order valence-corrected chi connectivity index (χ4v) is 2.76. The summed E-state index contributed by atoms with van der Waals surface area (Å²) < 4.78 is 11.8. The van der Waals surface area contributed by atoms with Crippen LogP contribution in [-0.2, 0) is 6.42 Å². The van der Waals surface area contributed by atoms with E-state index in [2.05, 4.69) is 34.2 Å². The van der Waals surface area contributed by atoms with Crippen molar-refractivity contribution in [3.05, 3.63) is 51.9 Å². The maximum atomic E-state index is 5.43. The van der Waals surface area contributed by atoms with E-state index in [1.807, 2.05) is 25.1 Å². The molecule has 1 unspecified atom stereocenters. The Hall–Kier alpha value is -1.26. The summed E-state index contributed by atoms with van der Waals surface area (Å²) >= 11 is 3.61. The molecule has 108 valence electrons. The summed E-state index contributed by atoms with van der Waals surface area (Å²) in [6.45, 7) is 5.03. The molecule has 1 N–H and O–H groups in total. The molecule has 0 radical (unpaired) electrons. The summed E-state index contributed by atoms with van der Waals surface area (Å²) in [4.78, 5) is 0. The first-order chi connectivity index (χ1) is 9.65. The summed E-state index contributed by atoms with van der Waals surface area (Å²) in [7, 11) is 1.69. The van der Waals surface area contributed by atoms with Gasteiger partial charge in [0.15, 0.2) is 0 Å². The molecule has 3 nitrogen and oxygen atoms in total. The molecule has 1 heterocycles. The van der Waals surface area contributed by atoms with Gasteiger partial charge in [0.25, 0.3) is 0 Å². The van der Waals surface area contributed by atoms with Gasteiger partial charge in [-0.25, -0.2) is 0 Å². The van der Waals surface area contributed by atoms with E-state index in [1.54, 1.807) is 13.4 Å². The lowest BCUT2D eigenvalue weighted by Crippen LogP contribution is -2.23. The van der Waals surface area contributed by atoms with Crippen LogP contribution in [0, 0.1) is 6.92 Å². The number of likely N-dealkylation sites (N-methyl/N-ethyl adjacent to an activating group) is 1. The molecule has 0 saturated heterocycles. The Bertz CT molecular complexity index is 565. The number of aryl methyl sites for hydroxylation is 1. The zero-order chi connectivity index (χ0) is 14.5. The predicted molar refractivity (Wildman–Crippen MR) is 84.3 cm³/mol. The molecule has 0 bridgehead atoms. The second kappa shape index (κ2) is 6.95. The molecule has 0 amide bonds. The van der Waals surface area contributed by atoms with Crippen LogP contribution in [0.25, 0.3) is 0 Å². The van der Waals surface area contributed by atoms with Crippen molar-refractivity contribution >= 4 is 15.9 Å². The second-order valence-electron chi connectivity index (χ2n) is 4.70. The minimum Gasteiger partial charge on any atom is -0.497 e. The molecule has 0 aliphatic carbocycles. The average molecular weight is 338 g/mol. The molecule has 20 heavy (non-hydrogen) atoms. The van der Waals surface area contributed by atoms with E-state index in [9.17, 15) is 0 Å². The van der Waals surface area contributed by atoms with Gasteiger partial charge in [-0.2, -0.15) is 0 Å². The highest BCUT2D eigenvalue weighted by Crippen LogP contribution is 2.29. The lowest BCUT2D eigenvalue weighted by molar-refractivity contribution is 0.413. The highest BCUT2D eigenvalue weighted by molar-refractivity contribution is 9.10. The summed E-state index contributed by atoms with van der Waals surface area (Å²) in [5, 5.41) is 3.52. The summed E-state index contributed by atoms with van der Waals surface area (Å²) in [5.74, 6) is 1.84. The van der Waals surface area contributed by atoms with Crippen LogP contribution in [0.5, 0.6) is 5.75 Å². The van der Waals surface area contributed by atoms with Gasteiger partial charge < -0.3 is 14.5 Å². The van der Waals surface area contributed by atoms with Crippen LogP contribution in [0.3, 0.4) is 0 Å². The molecular formula is C16H20BrNO2. The normalized spacial score (nSPS) is 12.4. The molecule has 0 saturated carbocycles. The van der Waals surface area contributed by atoms with Gasteiger partial charge in [0.1, 0.15) is 11.5 Å². The van der Waals surface area contributed by atoms with Crippen LogP contribution in [0.2, 0.25) is 0 Å². The monoisotopic (exact) mass is 337 g/mol. The molecule has 1 aromatic heterocycles. The van der Waals surface area contributed by atoms with E-state index in [0.717, 1.165) is 28.9 Å². The number of furan rings is 1. The molecule has 2 aromatic rings. The van der Waals surface area contributed by atoms with Crippen LogP contribution in [-0.4, -0.2) is 13.7 Å². The minimum absolute atomic E-state index is 0.238. The Morgan fingerprint density at radius 2 is 2.15 bits per heavy atom. The summed E-state index contributed by atoms with van der Waals surface area (Å²) in [5.41, 5.74) is 2.43. The van der Waals surface area contributed by atoms with Crippen molar-refractivity contribution in [2.75, 3.05) is 13.7 Å². The Balaban J connectivity index is 2.26. The zero-order valence-corrected chi connectivity index (χ0v) is 13.7. The van der Waals surface area contributed by atoms with Crippen molar-refractivity contribution < 1.29 is 9.15 Å². The molecule has 0 aliphatic rings. The predicted octanol–water partition coefficient (Wildman–Crippen LogP) is 4.25. The Labute approximate surface area is 128 Å². The summed E-state index contributed by atoms with van der Waals surface area (Å²) in [6.07, 6.45) is 2.63. The molecule has 1 aromatic carbocycles. The molecule has 0 fully saturated rings. The van der Waals surface area contributed by atoms with Crippen molar-refractivity contribution in [1.82, 2.24) is 5.32 Å². The SMILES string of the molecule is CCNC(Cc1cc(OC)ccc1Br)c1ccoc1C. The van der Waals surface area contributed by atoms with Gasteiger partial charge in [-0.1, -0.05) is 22.9 Å². The average Bonchev–Trinajstić information content (AvgIpc) is 2.86. The van der Waals surface area contributed by atoms with Gasteiger partial charge >= 0.3 is 0 Å². The molecule has 1 atom stereocenters. The van der Waals surface area contributed by atoms with Gasteiger partial charge in [-0.15, -0.1) is 0 Å². The van der Waals surface area contributed by atoms with E-state index in [1.165, 1.54) is 11.1 Å². The zero-order valence-electron chi connectivity index (χ0n) is 12.1. The number of methoxy groups -OCH3 is 1. The van der Waals surface area contributed by atoms with E-state index in [0.29, 0.717) is 0 Å². The van der Waals surface area contributed by atoms with E-state index in [4.69, 9.17) is 9.15 Å². The van der Waals surface area contributed by atoms with Crippen molar-refractivity contribution in [3.63, 3.8) is 0 Å². The van der Waals surface area contributed by atoms with Crippen LogP contribution in [0.1, 0.15) is 29.9 Å². The fourth-order valence-electron chi connectivity index (χ4n) is 2.35. The van der Waals surface area contributed by atoms with Crippen LogP contribution >= 0.6 is 15.9 Å². The third kappa shape index (κ3) is 3.44. The number of hydrogen-bond donors (Lipinski definition) is 1. The first-order valence-electron chi connectivity index (χ1n) is 6.75. The largest absolute Gasteiger partial charge is 0.497 e. The van der Waals surface area contributed by atoms with E-state index in [-0.39, 0.29) is 6.04 Å². The molecular weight excluding hydrogens is 318 g/mol. The van der Waals surface area contributed by atoms with Crippen molar-refractivity contribution in [2.24, 2.45) is 0 Å². The van der Waals surface area contributed by atoms with Gasteiger partial charge in [0.2, 0.25) is 0 Å². The fraction of sp³-hybridized carbons (Fsp3) is 0.375. The standard InChI is InChI=1S/C16H20BrNO2/c1-4-18-16(14-7-8-20-11(14)2)10-12-9-13(19-3)5-6-15(12)17/h5-9,16,18H,4,10H2,1-3H3. The van der Waals surface area contributed by atoms with Gasteiger partial charge in [0, 0.05) is 16.1 Å². The Morgan fingerprint density at radius 1 is 1.35 bits per heavy atom. The maximum Gasteiger partial charge on any atom is 0.119 e. The van der Waals surface area contributed by atoms with Crippen molar-refractivity contribution in [1.29, 1.82) is 0 Å². The number of benzene rings is 1. The van der Waals surface area contributed by atoms with Gasteiger partial charge in [-0.05, 0) is 49.7 Å². The minimum atomic E-state index is 0.238. The number of nitrogens with one attached hydrogen (secondary N) is 1. The Morgan fingerprint density at radius 3 is 2.75 bits per heavy atom. The quantitative estimate of drug-likeness (QED) is 0.855. The van der Waals surface area contributed by atoms with Gasteiger partial charge in [0.05, 0.1) is 13.4 Å². The van der Waals surface area contributed by atoms with E-state index >= 15 is 0 Å². The highest BCUT2D eigenvalue weighted by atomic mass is 79.9.